The predicted octanol–water partition coefficient (Wildman–Crippen LogP) is 4.46. The van der Waals surface area contributed by atoms with E-state index in [0.717, 1.165) is 44.7 Å². The molecule has 1 radical (unpaired) electrons. The van der Waals surface area contributed by atoms with Crippen LogP contribution in [0.25, 0.3) is 0 Å². The van der Waals surface area contributed by atoms with Gasteiger partial charge >= 0.3 is 6.18 Å². The zero-order chi connectivity index (χ0) is 20.6. The highest BCUT2D eigenvalue weighted by Crippen LogP contribution is 2.33. The second-order valence-electron chi connectivity index (χ2n) is 8.19. The SMILES string of the molecule is Cc1ccc(CN2CC3C[C@H]2CN3CCOc2c[c]cc(C(F)(F)F)c2)cc1C. The van der Waals surface area contributed by atoms with Crippen LogP contribution >= 0.6 is 0 Å². The Morgan fingerprint density at radius 3 is 2.48 bits per heavy atom. The van der Waals surface area contributed by atoms with Crippen molar-refractivity contribution in [1.82, 2.24) is 9.80 Å². The molecule has 2 bridgehead atoms. The van der Waals surface area contributed by atoms with Gasteiger partial charge in [-0.25, -0.2) is 0 Å². The molecule has 2 aromatic rings. The molecule has 6 heteroatoms. The lowest BCUT2D eigenvalue weighted by Crippen LogP contribution is -2.47. The van der Waals surface area contributed by atoms with E-state index in [0.29, 0.717) is 18.7 Å². The highest BCUT2D eigenvalue weighted by Gasteiger charge is 2.42. The van der Waals surface area contributed by atoms with E-state index in [1.165, 1.54) is 22.8 Å². The number of hydrogen-bond acceptors (Lipinski definition) is 3. The molecule has 2 atom stereocenters. The number of alkyl halides is 3. The number of halogens is 3. The average molecular weight is 403 g/mol. The van der Waals surface area contributed by atoms with Crippen LogP contribution in [0.4, 0.5) is 13.2 Å². The van der Waals surface area contributed by atoms with Crippen molar-refractivity contribution < 1.29 is 17.9 Å². The van der Waals surface area contributed by atoms with Gasteiger partial charge in [-0.15, -0.1) is 0 Å². The van der Waals surface area contributed by atoms with Gasteiger partial charge in [0.05, 0.1) is 5.56 Å². The molecular weight excluding hydrogens is 377 g/mol. The summed E-state index contributed by atoms with van der Waals surface area (Å²) in [6, 6.07) is 13.7. The van der Waals surface area contributed by atoms with Crippen LogP contribution in [0.3, 0.4) is 0 Å². The Labute approximate surface area is 170 Å². The van der Waals surface area contributed by atoms with Crippen LogP contribution < -0.4 is 4.74 Å². The second-order valence-corrected chi connectivity index (χ2v) is 8.19. The summed E-state index contributed by atoms with van der Waals surface area (Å²) in [5.74, 6) is 0.223. The van der Waals surface area contributed by atoms with Crippen LogP contribution in [-0.4, -0.2) is 48.1 Å². The minimum atomic E-state index is -4.37. The van der Waals surface area contributed by atoms with Gasteiger partial charge in [0.2, 0.25) is 0 Å². The van der Waals surface area contributed by atoms with E-state index in [9.17, 15) is 13.2 Å². The quantitative estimate of drug-likeness (QED) is 0.708. The van der Waals surface area contributed by atoms with E-state index in [-0.39, 0.29) is 5.75 Å². The van der Waals surface area contributed by atoms with Crippen molar-refractivity contribution in [2.75, 3.05) is 26.2 Å². The molecule has 4 rings (SSSR count). The molecule has 0 amide bonds. The first-order valence-electron chi connectivity index (χ1n) is 10.0. The predicted molar refractivity (Wildman–Crippen MR) is 106 cm³/mol. The van der Waals surface area contributed by atoms with E-state index in [2.05, 4.69) is 47.9 Å². The topological polar surface area (TPSA) is 15.7 Å². The number of aryl methyl sites for hydroxylation is 2. The number of hydrogen-bond donors (Lipinski definition) is 0. The van der Waals surface area contributed by atoms with Crippen molar-refractivity contribution in [2.24, 2.45) is 0 Å². The number of likely N-dealkylation sites (tertiary alicyclic amines) is 2. The molecule has 0 saturated carbocycles. The van der Waals surface area contributed by atoms with E-state index in [1.54, 1.807) is 0 Å². The first kappa shape index (κ1) is 20.2. The van der Waals surface area contributed by atoms with Gasteiger partial charge in [-0.1, -0.05) is 18.2 Å². The summed E-state index contributed by atoms with van der Waals surface area (Å²) in [6.45, 7) is 8.41. The van der Waals surface area contributed by atoms with Crippen molar-refractivity contribution >= 4 is 0 Å². The fraction of sp³-hybridized carbons (Fsp3) is 0.478. The van der Waals surface area contributed by atoms with Crippen LogP contribution in [0.15, 0.2) is 36.4 Å². The third-order valence-electron chi connectivity index (χ3n) is 6.16. The Kier molecular flexibility index (Phi) is 5.58. The summed E-state index contributed by atoms with van der Waals surface area (Å²) in [5, 5.41) is 0. The zero-order valence-electron chi connectivity index (χ0n) is 16.8. The number of ether oxygens (including phenoxy) is 1. The van der Waals surface area contributed by atoms with Crippen LogP contribution in [-0.2, 0) is 12.7 Å². The number of rotatable bonds is 6. The molecule has 2 aromatic carbocycles. The number of nitrogens with zero attached hydrogens (tertiary/aromatic N) is 2. The molecule has 1 unspecified atom stereocenters. The Morgan fingerprint density at radius 1 is 1.03 bits per heavy atom. The van der Waals surface area contributed by atoms with Crippen molar-refractivity contribution in [3.8, 4) is 5.75 Å². The van der Waals surface area contributed by atoms with E-state index in [1.807, 2.05) is 0 Å². The van der Waals surface area contributed by atoms with Gasteiger partial charge in [0.1, 0.15) is 12.4 Å². The summed E-state index contributed by atoms with van der Waals surface area (Å²) in [4.78, 5) is 4.95. The minimum absolute atomic E-state index is 0.223. The summed E-state index contributed by atoms with van der Waals surface area (Å²) < 4.78 is 43.9. The van der Waals surface area contributed by atoms with Gasteiger partial charge in [0, 0.05) is 38.3 Å². The van der Waals surface area contributed by atoms with E-state index < -0.39 is 11.7 Å². The van der Waals surface area contributed by atoms with Crippen molar-refractivity contribution in [2.45, 2.75) is 45.1 Å². The molecule has 2 fully saturated rings. The molecule has 2 heterocycles. The van der Waals surface area contributed by atoms with E-state index >= 15 is 0 Å². The lowest BCUT2D eigenvalue weighted by Gasteiger charge is -2.34. The summed E-state index contributed by atoms with van der Waals surface area (Å²) in [6.07, 6.45) is -3.22. The maximum atomic E-state index is 12.8. The zero-order valence-corrected chi connectivity index (χ0v) is 16.8. The molecule has 29 heavy (non-hydrogen) atoms. The lowest BCUT2D eigenvalue weighted by atomic mass is 10.1. The molecule has 0 aliphatic carbocycles. The Bertz CT molecular complexity index is 867. The van der Waals surface area contributed by atoms with Gasteiger partial charge in [0.25, 0.3) is 0 Å². The average Bonchev–Trinajstić information content (AvgIpc) is 3.24. The fourth-order valence-corrected chi connectivity index (χ4v) is 4.41. The third-order valence-corrected chi connectivity index (χ3v) is 6.16. The Morgan fingerprint density at radius 2 is 1.79 bits per heavy atom. The standard InChI is InChI=1S/C23H26F3N2O/c1-16-6-7-18(10-17(16)2)13-28-15-20-12-21(28)14-27(20)8-9-29-22-5-3-4-19(11-22)23(24,25)26/h4-7,10-11,20-21H,8-9,12-15H2,1-2H3/t20?,21-/m0/s1. The number of piperazine rings is 1. The summed E-state index contributed by atoms with van der Waals surface area (Å²) in [7, 11) is 0. The normalized spacial score (nSPS) is 22.4. The van der Waals surface area contributed by atoms with Crippen LogP contribution in [0.5, 0.6) is 5.75 Å². The molecule has 3 nitrogen and oxygen atoms in total. The fourth-order valence-electron chi connectivity index (χ4n) is 4.41. The van der Waals surface area contributed by atoms with Gasteiger partial charge in [-0.05, 0) is 61.2 Å². The Balaban J connectivity index is 1.26. The largest absolute Gasteiger partial charge is 0.492 e. The lowest BCUT2D eigenvalue weighted by molar-refractivity contribution is -0.137. The molecule has 0 spiro atoms. The van der Waals surface area contributed by atoms with Crippen molar-refractivity contribution in [3.63, 3.8) is 0 Å². The maximum absolute atomic E-state index is 12.8. The van der Waals surface area contributed by atoms with Crippen molar-refractivity contribution in [3.05, 3.63) is 64.7 Å². The highest BCUT2D eigenvalue weighted by molar-refractivity contribution is 5.30. The molecule has 155 valence electrons. The third kappa shape index (κ3) is 4.59. The molecule has 0 aromatic heterocycles. The summed E-state index contributed by atoms with van der Waals surface area (Å²) in [5.41, 5.74) is 3.28. The molecular formula is C23H26F3N2O. The van der Waals surface area contributed by atoms with Crippen LogP contribution in [0.1, 0.15) is 28.7 Å². The van der Waals surface area contributed by atoms with Gasteiger partial charge < -0.3 is 4.74 Å². The van der Waals surface area contributed by atoms with Gasteiger partial charge in [-0.2, -0.15) is 13.2 Å². The minimum Gasteiger partial charge on any atom is -0.492 e. The second kappa shape index (κ2) is 8.00. The molecule has 2 saturated heterocycles. The maximum Gasteiger partial charge on any atom is 0.416 e. The first-order valence-corrected chi connectivity index (χ1v) is 10.0. The van der Waals surface area contributed by atoms with Crippen molar-refractivity contribution in [1.29, 1.82) is 0 Å². The molecule has 0 N–H and O–H groups in total. The summed E-state index contributed by atoms with van der Waals surface area (Å²) >= 11 is 0. The molecule has 2 aliphatic heterocycles. The molecule has 2 aliphatic rings. The Hall–Kier alpha value is -2.05. The first-order chi connectivity index (χ1) is 13.8. The number of fused-ring (bicyclic) bond motifs is 2. The van der Waals surface area contributed by atoms with Crippen LogP contribution in [0, 0.1) is 19.9 Å². The van der Waals surface area contributed by atoms with Crippen LogP contribution in [0.2, 0.25) is 0 Å². The smallest absolute Gasteiger partial charge is 0.416 e. The van der Waals surface area contributed by atoms with Gasteiger partial charge in [0.15, 0.2) is 0 Å². The van der Waals surface area contributed by atoms with E-state index in [4.69, 9.17) is 4.74 Å². The number of benzene rings is 2. The van der Waals surface area contributed by atoms with Gasteiger partial charge in [-0.3, -0.25) is 9.80 Å². The highest BCUT2D eigenvalue weighted by atomic mass is 19.4. The monoisotopic (exact) mass is 403 g/mol.